The molecule has 12 heavy (non-hydrogen) atoms. The fourth-order valence-electron chi connectivity index (χ4n) is 0.664. The molecule has 0 aliphatic rings. The topological polar surface area (TPSA) is 52.3 Å². The Balaban J connectivity index is 2.97. The first-order valence-corrected chi connectivity index (χ1v) is 4.19. The van der Waals surface area contributed by atoms with Crippen molar-refractivity contribution in [2.24, 2.45) is 5.73 Å². The van der Waals surface area contributed by atoms with Crippen LogP contribution in [-0.2, 0) is 0 Å². The molecule has 0 unspecified atom stereocenters. The van der Waals surface area contributed by atoms with Gasteiger partial charge in [-0.15, -0.1) is 0 Å². The molecule has 1 aromatic rings. The zero-order valence-electron chi connectivity index (χ0n) is 5.88. The molecular weight excluding hydrogens is 245 g/mol. The van der Waals surface area contributed by atoms with Gasteiger partial charge in [0.1, 0.15) is 5.75 Å². The summed E-state index contributed by atoms with van der Waals surface area (Å²) in [5, 5.41) is 0.481. The molecule has 64 valence electrons. The molecule has 2 N–H and O–H groups in total. The Morgan fingerprint density at radius 2 is 2.25 bits per heavy atom. The maximum atomic E-state index is 10.4. The van der Waals surface area contributed by atoms with E-state index in [1.54, 1.807) is 12.1 Å². The first-order valence-electron chi connectivity index (χ1n) is 3.02. The molecule has 0 spiro atoms. The van der Waals surface area contributed by atoms with Crippen LogP contribution in [0.15, 0.2) is 22.7 Å². The van der Waals surface area contributed by atoms with E-state index in [1.807, 2.05) is 0 Å². The van der Waals surface area contributed by atoms with Crippen LogP contribution in [0.4, 0.5) is 4.79 Å². The lowest BCUT2D eigenvalue weighted by atomic mass is 10.3. The van der Waals surface area contributed by atoms with Gasteiger partial charge in [0.15, 0.2) is 0 Å². The van der Waals surface area contributed by atoms with Crippen molar-refractivity contribution in [3.05, 3.63) is 27.7 Å². The highest BCUT2D eigenvalue weighted by atomic mass is 79.9. The van der Waals surface area contributed by atoms with E-state index in [9.17, 15) is 4.79 Å². The molecular formula is C7H5BrClNO2. The quantitative estimate of drug-likeness (QED) is 0.833. The molecule has 0 aliphatic carbocycles. The molecule has 3 nitrogen and oxygen atoms in total. The van der Waals surface area contributed by atoms with E-state index < -0.39 is 6.09 Å². The SMILES string of the molecule is NC(=O)Oc1cc(Cl)ccc1Br. The highest BCUT2D eigenvalue weighted by Gasteiger charge is 2.04. The lowest BCUT2D eigenvalue weighted by Crippen LogP contribution is -2.16. The van der Waals surface area contributed by atoms with Crippen molar-refractivity contribution < 1.29 is 9.53 Å². The Morgan fingerprint density at radius 3 is 2.83 bits per heavy atom. The summed E-state index contributed by atoms with van der Waals surface area (Å²) in [4.78, 5) is 10.4. The second-order valence-electron chi connectivity index (χ2n) is 2.00. The van der Waals surface area contributed by atoms with Crippen LogP contribution in [0.1, 0.15) is 0 Å². The average molecular weight is 250 g/mol. The third kappa shape index (κ3) is 2.39. The summed E-state index contributed by atoms with van der Waals surface area (Å²) in [6.45, 7) is 0. The van der Waals surface area contributed by atoms with Gasteiger partial charge in [-0.25, -0.2) is 4.79 Å². The molecule has 1 amide bonds. The Labute approximate surface area is 82.6 Å². The van der Waals surface area contributed by atoms with Crippen molar-refractivity contribution >= 4 is 33.6 Å². The van der Waals surface area contributed by atoms with Gasteiger partial charge in [0, 0.05) is 11.1 Å². The van der Waals surface area contributed by atoms with Gasteiger partial charge < -0.3 is 10.5 Å². The number of benzene rings is 1. The summed E-state index contributed by atoms with van der Waals surface area (Å²) < 4.78 is 5.26. The van der Waals surface area contributed by atoms with Gasteiger partial charge in [-0.1, -0.05) is 11.6 Å². The molecule has 0 fully saturated rings. The summed E-state index contributed by atoms with van der Waals surface area (Å²) in [6, 6.07) is 4.83. The highest BCUT2D eigenvalue weighted by molar-refractivity contribution is 9.10. The number of hydrogen-bond acceptors (Lipinski definition) is 2. The van der Waals surface area contributed by atoms with E-state index >= 15 is 0 Å². The summed E-state index contributed by atoms with van der Waals surface area (Å²) >= 11 is 8.81. The van der Waals surface area contributed by atoms with Crippen molar-refractivity contribution in [2.45, 2.75) is 0 Å². The number of rotatable bonds is 1. The minimum Gasteiger partial charge on any atom is -0.409 e. The highest BCUT2D eigenvalue weighted by Crippen LogP contribution is 2.27. The number of halogens is 2. The summed E-state index contributed by atoms with van der Waals surface area (Å²) in [5.74, 6) is 0.315. The molecule has 0 radical (unpaired) electrons. The normalized spacial score (nSPS) is 9.50. The second-order valence-corrected chi connectivity index (χ2v) is 3.29. The van der Waals surface area contributed by atoms with Crippen LogP contribution in [-0.4, -0.2) is 6.09 Å². The van der Waals surface area contributed by atoms with Gasteiger partial charge in [-0.3, -0.25) is 0 Å². The minimum absolute atomic E-state index is 0.315. The summed E-state index contributed by atoms with van der Waals surface area (Å²) in [5.41, 5.74) is 4.82. The Morgan fingerprint density at radius 1 is 1.58 bits per heavy atom. The van der Waals surface area contributed by atoms with Gasteiger partial charge in [0.2, 0.25) is 0 Å². The number of amides is 1. The van der Waals surface area contributed by atoms with E-state index in [1.165, 1.54) is 6.07 Å². The monoisotopic (exact) mass is 249 g/mol. The molecule has 0 bridgehead atoms. The third-order valence-electron chi connectivity index (χ3n) is 1.10. The Kier molecular flexibility index (Phi) is 2.94. The molecule has 0 saturated heterocycles. The van der Waals surface area contributed by atoms with Crippen molar-refractivity contribution in [1.29, 1.82) is 0 Å². The number of carbonyl (C=O) groups is 1. The first-order chi connectivity index (χ1) is 5.59. The minimum atomic E-state index is -0.863. The van der Waals surface area contributed by atoms with Crippen molar-refractivity contribution in [1.82, 2.24) is 0 Å². The maximum Gasteiger partial charge on any atom is 0.410 e. The van der Waals surface area contributed by atoms with Gasteiger partial charge in [-0.05, 0) is 28.1 Å². The van der Waals surface area contributed by atoms with Crippen molar-refractivity contribution in [2.75, 3.05) is 0 Å². The number of hydrogen-bond donors (Lipinski definition) is 1. The number of nitrogens with two attached hydrogens (primary N) is 1. The zero-order chi connectivity index (χ0) is 9.14. The third-order valence-corrected chi connectivity index (χ3v) is 1.99. The first kappa shape index (κ1) is 9.35. The summed E-state index contributed by atoms with van der Waals surface area (Å²) in [7, 11) is 0. The largest absolute Gasteiger partial charge is 0.410 e. The molecule has 1 rings (SSSR count). The van der Waals surface area contributed by atoms with Gasteiger partial charge in [0.05, 0.1) is 4.47 Å². The number of carbonyl (C=O) groups excluding carboxylic acids is 1. The van der Waals surface area contributed by atoms with Crippen LogP contribution >= 0.6 is 27.5 Å². The lowest BCUT2D eigenvalue weighted by Gasteiger charge is -2.02. The predicted octanol–water partition coefficient (Wildman–Crippen LogP) is 2.56. The van der Waals surface area contributed by atoms with Gasteiger partial charge >= 0.3 is 6.09 Å². The molecule has 1 aromatic carbocycles. The zero-order valence-corrected chi connectivity index (χ0v) is 8.22. The number of primary amides is 1. The molecule has 5 heteroatoms. The smallest absolute Gasteiger partial charge is 0.409 e. The standard InChI is InChI=1S/C7H5BrClNO2/c8-5-2-1-4(9)3-6(5)12-7(10)11/h1-3H,(H2,10,11). The molecule has 0 aromatic heterocycles. The lowest BCUT2D eigenvalue weighted by molar-refractivity contribution is 0.210. The van der Waals surface area contributed by atoms with E-state index in [-0.39, 0.29) is 0 Å². The Bertz CT molecular complexity index is 316. The fourth-order valence-corrected chi connectivity index (χ4v) is 1.15. The van der Waals surface area contributed by atoms with E-state index in [0.717, 1.165) is 0 Å². The molecule has 0 atom stereocenters. The van der Waals surface area contributed by atoms with Crippen LogP contribution in [0.25, 0.3) is 0 Å². The predicted molar refractivity (Wildman–Crippen MR) is 49.4 cm³/mol. The van der Waals surface area contributed by atoms with Crippen molar-refractivity contribution in [3.63, 3.8) is 0 Å². The van der Waals surface area contributed by atoms with E-state index in [4.69, 9.17) is 17.3 Å². The molecule has 0 heterocycles. The Hall–Kier alpha value is -0.740. The molecule has 0 saturated carbocycles. The van der Waals surface area contributed by atoms with Crippen LogP contribution < -0.4 is 10.5 Å². The van der Waals surface area contributed by atoms with Crippen LogP contribution in [0, 0.1) is 0 Å². The van der Waals surface area contributed by atoms with Gasteiger partial charge in [0.25, 0.3) is 0 Å². The maximum absolute atomic E-state index is 10.4. The van der Waals surface area contributed by atoms with Gasteiger partial charge in [-0.2, -0.15) is 0 Å². The second kappa shape index (κ2) is 3.78. The van der Waals surface area contributed by atoms with Crippen LogP contribution in [0.3, 0.4) is 0 Å². The number of ether oxygens (including phenoxy) is 1. The average Bonchev–Trinajstić information content (AvgIpc) is 1.96. The summed E-state index contributed by atoms with van der Waals surface area (Å²) in [6.07, 6.45) is -0.863. The fraction of sp³-hybridized carbons (Fsp3) is 0. The van der Waals surface area contributed by atoms with Crippen LogP contribution in [0.5, 0.6) is 5.75 Å². The van der Waals surface area contributed by atoms with Crippen LogP contribution in [0.2, 0.25) is 5.02 Å². The molecule has 0 aliphatic heterocycles. The van der Waals surface area contributed by atoms with E-state index in [2.05, 4.69) is 20.7 Å². The van der Waals surface area contributed by atoms with Crippen molar-refractivity contribution in [3.8, 4) is 5.75 Å². The van der Waals surface area contributed by atoms with E-state index in [0.29, 0.717) is 15.2 Å².